The van der Waals surface area contributed by atoms with E-state index in [1.165, 1.54) is 12.1 Å². The first-order valence-electron chi connectivity index (χ1n) is 3.08. The summed E-state index contributed by atoms with van der Waals surface area (Å²) in [6.07, 6.45) is -4.28. The van der Waals surface area contributed by atoms with Crippen LogP contribution in [0, 0.1) is 0 Å². The van der Waals surface area contributed by atoms with Crippen LogP contribution < -0.4 is 3.53 Å². The van der Waals surface area contributed by atoms with Crippen LogP contribution in [0.5, 0.6) is 0 Å². The van der Waals surface area contributed by atoms with Gasteiger partial charge in [-0.25, -0.2) is 0 Å². The summed E-state index contributed by atoms with van der Waals surface area (Å²) >= 11 is 1.67. The van der Waals surface area contributed by atoms with Crippen molar-refractivity contribution in [3.8, 4) is 0 Å². The van der Waals surface area contributed by atoms with E-state index in [-0.39, 0.29) is 5.69 Å². The molecule has 0 radical (unpaired) electrons. The first-order valence-corrected chi connectivity index (χ1v) is 4.16. The number of benzene rings is 1. The average molecular weight is 287 g/mol. The van der Waals surface area contributed by atoms with E-state index < -0.39 is 11.7 Å². The van der Waals surface area contributed by atoms with Crippen molar-refractivity contribution in [1.82, 2.24) is 0 Å². The van der Waals surface area contributed by atoms with Crippen molar-refractivity contribution in [1.29, 1.82) is 0 Å². The molecular formula is C7H5F3IN. The van der Waals surface area contributed by atoms with Crippen molar-refractivity contribution in [2.45, 2.75) is 6.18 Å². The lowest BCUT2D eigenvalue weighted by Gasteiger charge is -2.10. The van der Waals surface area contributed by atoms with Gasteiger partial charge in [0.05, 0.1) is 34.1 Å². The van der Waals surface area contributed by atoms with Crippen LogP contribution in [0.1, 0.15) is 5.56 Å². The number of hydrogen-bond acceptors (Lipinski definition) is 1. The van der Waals surface area contributed by atoms with Crippen LogP contribution in [-0.4, -0.2) is 0 Å². The summed E-state index contributed by atoms with van der Waals surface area (Å²) in [5.74, 6) is 0. The molecule has 0 bridgehead atoms. The van der Waals surface area contributed by atoms with E-state index in [0.29, 0.717) is 0 Å². The van der Waals surface area contributed by atoms with Gasteiger partial charge in [0.1, 0.15) is 0 Å². The molecule has 0 amide bonds. The zero-order valence-corrected chi connectivity index (χ0v) is 7.98. The molecule has 1 aromatic rings. The highest BCUT2D eigenvalue weighted by Crippen LogP contribution is 2.34. The molecule has 66 valence electrons. The van der Waals surface area contributed by atoms with Gasteiger partial charge in [-0.1, -0.05) is 12.1 Å². The molecule has 0 heterocycles. The molecular weight excluding hydrogens is 282 g/mol. The van der Waals surface area contributed by atoms with Gasteiger partial charge in [0, 0.05) is 0 Å². The number of anilines is 1. The summed E-state index contributed by atoms with van der Waals surface area (Å²) in [7, 11) is 0. The Morgan fingerprint density at radius 2 is 1.75 bits per heavy atom. The molecule has 0 aliphatic rings. The van der Waals surface area contributed by atoms with Gasteiger partial charge in [-0.15, -0.1) is 0 Å². The molecule has 0 aliphatic heterocycles. The molecule has 1 rings (SSSR count). The van der Waals surface area contributed by atoms with E-state index in [1.807, 2.05) is 0 Å². The lowest BCUT2D eigenvalue weighted by molar-refractivity contribution is -0.136. The fourth-order valence-electron chi connectivity index (χ4n) is 0.813. The highest BCUT2D eigenvalue weighted by Gasteiger charge is 2.32. The second-order valence-electron chi connectivity index (χ2n) is 2.14. The third kappa shape index (κ3) is 2.02. The summed E-state index contributed by atoms with van der Waals surface area (Å²) in [6, 6.07) is 5.34. The van der Waals surface area contributed by atoms with Crippen LogP contribution in [-0.2, 0) is 6.18 Å². The largest absolute Gasteiger partial charge is 0.418 e. The molecule has 1 nitrogen and oxygen atoms in total. The second-order valence-corrected chi connectivity index (χ2v) is 2.68. The summed E-state index contributed by atoms with van der Waals surface area (Å²) in [4.78, 5) is 0. The zero-order chi connectivity index (χ0) is 9.19. The van der Waals surface area contributed by atoms with Gasteiger partial charge in [-0.2, -0.15) is 13.2 Å². The van der Waals surface area contributed by atoms with Gasteiger partial charge in [-0.05, 0) is 12.1 Å². The molecule has 0 spiro atoms. The number of alkyl halides is 3. The highest BCUT2D eigenvalue weighted by molar-refractivity contribution is 14.1. The van der Waals surface area contributed by atoms with Crippen molar-refractivity contribution in [2.75, 3.05) is 3.53 Å². The molecule has 12 heavy (non-hydrogen) atoms. The number of halogens is 4. The third-order valence-corrected chi connectivity index (χ3v) is 1.92. The Balaban J connectivity index is 3.14. The predicted octanol–water partition coefficient (Wildman–Crippen LogP) is 3.47. The predicted molar refractivity (Wildman–Crippen MR) is 49.1 cm³/mol. The van der Waals surface area contributed by atoms with E-state index in [1.54, 1.807) is 28.9 Å². The van der Waals surface area contributed by atoms with Crippen molar-refractivity contribution in [3.05, 3.63) is 29.8 Å². The quantitative estimate of drug-likeness (QED) is 0.616. The van der Waals surface area contributed by atoms with Gasteiger partial charge in [-0.3, -0.25) is 0 Å². The Morgan fingerprint density at radius 3 is 2.17 bits per heavy atom. The van der Waals surface area contributed by atoms with Crippen LogP contribution in [0.4, 0.5) is 18.9 Å². The molecule has 0 saturated carbocycles. The maximum atomic E-state index is 12.2. The molecule has 5 heteroatoms. The van der Waals surface area contributed by atoms with Crippen molar-refractivity contribution in [2.24, 2.45) is 0 Å². The van der Waals surface area contributed by atoms with Crippen LogP contribution in [0.15, 0.2) is 24.3 Å². The second kappa shape index (κ2) is 3.51. The summed E-state index contributed by atoms with van der Waals surface area (Å²) < 4.78 is 39.0. The van der Waals surface area contributed by atoms with Gasteiger partial charge in [0.15, 0.2) is 0 Å². The molecule has 0 unspecified atom stereocenters. The smallest absolute Gasteiger partial charge is 0.328 e. The third-order valence-electron chi connectivity index (χ3n) is 1.33. The first kappa shape index (κ1) is 9.63. The van der Waals surface area contributed by atoms with Crippen LogP contribution in [0.25, 0.3) is 0 Å². The number of nitrogens with one attached hydrogen (secondary N) is 1. The molecule has 0 aliphatic carbocycles. The molecule has 0 aromatic heterocycles. The minimum Gasteiger partial charge on any atom is -0.328 e. The maximum Gasteiger partial charge on any atom is 0.418 e. The van der Waals surface area contributed by atoms with Gasteiger partial charge < -0.3 is 3.53 Å². The van der Waals surface area contributed by atoms with Crippen LogP contribution in [0.2, 0.25) is 0 Å². The Labute approximate surface area is 81.5 Å². The Bertz CT molecular complexity index is 272. The summed E-state index contributed by atoms with van der Waals surface area (Å²) in [6.45, 7) is 0. The van der Waals surface area contributed by atoms with Gasteiger partial charge in [0.2, 0.25) is 0 Å². The monoisotopic (exact) mass is 287 g/mol. The molecule has 0 fully saturated rings. The van der Waals surface area contributed by atoms with Crippen molar-refractivity contribution >= 4 is 28.6 Å². The number of para-hydroxylation sites is 1. The number of rotatable bonds is 1. The van der Waals surface area contributed by atoms with E-state index in [9.17, 15) is 13.2 Å². The van der Waals surface area contributed by atoms with Crippen molar-refractivity contribution < 1.29 is 13.2 Å². The number of hydrogen-bond donors (Lipinski definition) is 1. The van der Waals surface area contributed by atoms with E-state index in [2.05, 4.69) is 3.53 Å². The summed E-state index contributed by atoms with van der Waals surface area (Å²) in [5, 5.41) is 0. The lowest BCUT2D eigenvalue weighted by Crippen LogP contribution is -2.06. The van der Waals surface area contributed by atoms with E-state index in [4.69, 9.17) is 0 Å². The molecule has 0 atom stereocenters. The zero-order valence-electron chi connectivity index (χ0n) is 5.82. The first-order chi connectivity index (χ1) is 5.55. The van der Waals surface area contributed by atoms with Gasteiger partial charge >= 0.3 is 6.18 Å². The Kier molecular flexibility index (Phi) is 2.81. The fraction of sp³-hybridized carbons (Fsp3) is 0.143. The molecule has 1 aromatic carbocycles. The van der Waals surface area contributed by atoms with Crippen LogP contribution >= 0.6 is 22.9 Å². The Hall–Kier alpha value is -0.460. The molecule has 0 saturated heterocycles. The highest BCUT2D eigenvalue weighted by atomic mass is 127. The molecule has 1 N–H and O–H groups in total. The Morgan fingerprint density at radius 1 is 1.17 bits per heavy atom. The van der Waals surface area contributed by atoms with Crippen LogP contribution in [0.3, 0.4) is 0 Å². The van der Waals surface area contributed by atoms with E-state index >= 15 is 0 Å². The summed E-state index contributed by atoms with van der Waals surface area (Å²) in [5.41, 5.74) is -0.551. The lowest BCUT2D eigenvalue weighted by atomic mass is 10.2. The minimum absolute atomic E-state index is 0.0885. The normalized spacial score (nSPS) is 11.3. The average Bonchev–Trinajstić information content (AvgIpc) is 2.03. The van der Waals surface area contributed by atoms with Gasteiger partial charge in [0.25, 0.3) is 0 Å². The standard InChI is InChI=1S/C7H5F3IN/c8-7(9,10)5-3-1-2-4-6(5)12-11/h1-4,12H. The minimum atomic E-state index is -4.28. The van der Waals surface area contributed by atoms with E-state index in [0.717, 1.165) is 6.07 Å². The fourth-order valence-corrected chi connectivity index (χ4v) is 1.28. The SMILES string of the molecule is FC(F)(F)c1ccccc1NI. The van der Waals surface area contributed by atoms with Crippen molar-refractivity contribution in [3.63, 3.8) is 0 Å². The topological polar surface area (TPSA) is 12.0 Å². The maximum absolute atomic E-state index is 12.2.